The molecule has 166 valence electrons. The maximum atomic E-state index is 10.5. The maximum Gasteiger partial charge on any atom is 0.160 e. The average molecular weight is 412 g/mol. The van der Waals surface area contributed by atoms with Crippen molar-refractivity contribution >= 4 is 5.97 Å². The number of carboxylic acids is 1. The van der Waals surface area contributed by atoms with Crippen LogP contribution in [0.25, 0.3) is 0 Å². The Kier molecular flexibility index (Phi) is 15.1. The third-order valence-electron chi connectivity index (χ3n) is 4.28. The molecule has 0 saturated heterocycles. The lowest BCUT2D eigenvalue weighted by atomic mass is 10.2. The number of hydrogen-bond donors (Lipinski definition) is 0. The number of carbonyl (C=O) groups is 1. The highest BCUT2D eigenvalue weighted by Gasteiger charge is 2.17. The SMILES string of the molecule is CCC(CC(OCCCCCC(=O)[O-])OCCOc1ccccc1)OCCOC. The van der Waals surface area contributed by atoms with Crippen molar-refractivity contribution in [3.63, 3.8) is 0 Å². The zero-order valence-corrected chi connectivity index (χ0v) is 17.7. The second kappa shape index (κ2) is 17.2. The highest BCUT2D eigenvalue weighted by molar-refractivity contribution is 5.64. The Hall–Kier alpha value is -1.67. The molecular formula is C22H35O7-. The van der Waals surface area contributed by atoms with Crippen molar-refractivity contribution in [3.8, 4) is 5.75 Å². The van der Waals surface area contributed by atoms with Crippen LogP contribution in [0.3, 0.4) is 0 Å². The Balaban J connectivity index is 2.36. The normalized spacial score (nSPS) is 13.2. The van der Waals surface area contributed by atoms with E-state index in [1.54, 1.807) is 7.11 Å². The first-order valence-electron chi connectivity index (χ1n) is 10.4. The molecule has 29 heavy (non-hydrogen) atoms. The van der Waals surface area contributed by atoms with Crippen molar-refractivity contribution in [2.24, 2.45) is 0 Å². The molecule has 1 aromatic rings. The monoisotopic (exact) mass is 411 g/mol. The van der Waals surface area contributed by atoms with Gasteiger partial charge in [-0.2, -0.15) is 0 Å². The minimum atomic E-state index is -1.01. The van der Waals surface area contributed by atoms with Gasteiger partial charge in [0.1, 0.15) is 12.4 Å². The summed E-state index contributed by atoms with van der Waals surface area (Å²) in [7, 11) is 1.65. The molecule has 0 bridgehead atoms. The van der Waals surface area contributed by atoms with E-state index in [0.717, 1.165) is 25.0 Å². The summed E-state index contributed by atoms with van der Waals surface area (Å²) >= 11 is 0. The molecule has 0 radical (unpaired) electrons. The molecule has 1 aromatic carbocycles. The van der Waals surface area contributed by atoms with Gasteiger partial charge in [0.05, 0.1) is 25.9 Å². The van der Waals surface area contributed by atoms with Gasteiger partial charge >= 0.3 is 0 Å². The van der Waals surface area contributed by atoms with Crippen LogP contribution >= 0.6 is 0 Å². The van der Waals surface area contributed by atoms with Crippen molar-refractivity contribution in [1.82, 2.24) is 0 Å². The average Bonchev–Trinajstić information content (AvgIpc) is 2.73. The maximum absolute atomic E-state index is 10.5. The van der Waals surface area contributed by atoms with Crippen LogP contribution in [0.15, 0.2) is 30.3 Å². The highest BCUT2D eigenvalue weighted by atomic mass is 16.7. The fourth-order valence-electron chi connectivity index (χ4n) is 2.67. The number of aliphatic carboxylic acids is 1. The van der Waals surface area contributed by atoms with E-state index in [-0.39, 0.29) is 12.5 Å². The number of methoxy groups -OCH3 is 1. The van der Waals surface area contributed by atoms with Crippen LogP contribution in [-0.4, -0.2) is 58.5 Å². The number of ether oxygens (including phenoxy) is 5. The lowest BCUT2D eigenvalue weighted by Gasteiger charge is -2.24. The zero-order chi connectivity index (χ0) is 21.2. The summed E-state index contributed by atoms with van der Waals surface area (Å²) in [4.78, 5) is 10.5. The third kappa shape index (κ3) is 14.0. The van der Waals surface area contributed by atoms with Crippen LogP contribution in [0.5, 0.6) is 5.75 Å². The first-order chi connectivity index (χ1) is 14.2. The van der Waals surface area contributed by atoms with E-state index in [2.05, 4.69) is 6.92 Å². The molecule has 0 aliphatic carbocycles. The van der Waals surface area contributed by atoms with E-state index >= 15 is 0 Å². The summed E-state index contributed by atoms with van der Waals surface area (Å²) < 4.78 is 28.3. The van der Waals surface area contributed by atoms with Crippen LogP contribution in [0.4, 0.5) is 0 Å². The lowest BCUT2D eigenvalue weighted by Crippen LogP contribution is -2.28. The van der Waals surface area contributed by atoms with Gasteiger partial charge in [-0.1, -0.05) is 31.5 Å². The van der Waals surface area contributed by atoms with E-state index in [1.807, 2.05) is 30.3 Å². The first-order valence-corrected chi connectivity index (χ1v) is 10.4. The second-order valence-corrected chi connectivity index (χ2v) is 6.64. The molecule has 0 aliphatic rings. The van der Waals surface area contributed by atoms with Gasteiger partial charge in [0.15, 0.2) is 6.29 Å². The number of benzene rings is 1. The van der Waals surface area contributed by atoms with Crippen molar-refractivity contribution in [2.75, 3.05) is 40.1 Å². The van der Waals surface area contributed by atoms with Crippen LogP contribution < -0.4 is 9.84 Å². The smallest absolute Gasteiger partial charge is 0.160 e. The summed E-state index contributed by atoms with van der Waals surface area (Å²) in [5.74, 6) is -0.208. The number of para-hydroxylation sites is 1. The third-order valence-corrected chi connectivity index (χ3v) is 4.28. The molecule has 2 unspecified atom stereocenters. The standard InChI is InChI=1S/C22H36O7/c1-3-19(26-15-14-25-2)18-22(28-13-9-5-8-12-21(23)24)29-17-16-27-20-10-6-4-7-11-20/h4,6-7,10-11,19,22H,3,5,8-9,12-18H2,1-2H3,(H,23,24)/p-1. The largest absolute Gasteiger partial charge is 0.550 e. The molecule has 7 nitrogen and oxygen atoms in total. The van der Waals surface area contributed by atoms with E-state index < -0.39 is 12.3 Å². The van der Waals surface area contributed by atoms with Crippen molar-refractivity contribution in [3.05, 3.63) is 30.3 Å². The quantitative estimate of drug-likeness (QED) is 0.255. The number of unbranched alkanes of at least 4 members (excludes halogenated alkanes) is 2. The summed E-state index contributed by atoms with van der Waals surface area (Å²) in [6, 6.07) is 9.58. The zero-order valence-electron chi connectivity index (χ0n) is 17.7. The van der Waals surface area contributed by atoms with Gasteiger partial charge in [0.2, 0.25) is 0 Å². The summed E-state index contributed by atoms with van der Waals surface area (Å²) in [6.07, 6.45) is 3.31. The molecule has 0 spiro atoms. The number of carbonyl (C=O) groups excluding carboxylic acids is 1. The van der Waals surface area contributed by atoms with E-state index in [9.17, 15) is 9.90 Å². The predicted molar refractivity (Wildman–Crippen MR) is 108 cm³/mol. The number of rotatable bonds is 19. The molecule has 0 N–H and O–H groups in total. The topological polar surface area (TPSA) is 86.3 Å². The summed E-state index contributed by atoms with van der Waals surface area (Å²) in [5, 5.41) is 10.5. The Labute approximate surface area is 174 Å². The lowest BCUT2D eigenvalue weighted by molar-refractivity contribution is -0.305. The van der Waals surface area contributed by atoms with Crippen molar-refractivity contribution in [1.29, 1.82) is 0 Å². The van der Waals surface area contributed by atoms with E-state index in [4.69, 9.17) is 23.7 Å². The molecule has 0 heterocycles. The van der Waals surface area contributed by atoms with Crippen LogP contribution in [0.2, 0.25) is 0 Å². The van der Waals surface area contributed by atoms with Crippen molar-refractivity contribution in [2.45, 2.75) is 57.8 Å². The van der Waals surface area contributed by atoms with Gasteiger partial charge in [-0.3, -0.25) is 0 Å². The highest BCUT2D eigenvalue weighted by Crippen LogP contribution is 2.13. The van der Waals surface area contributed by atoms with Crippen molar-refractivity contribution < 1.29 is 33.6 Å². The minimum absolute atomic E-state index is 0.0169. The Morgan fingerprint density at radius 2 is 1.66 bits per heavy atom. The fraction of sp³-hybridized carbons (Fsp3) is 0.682. The van der Waals surface area contributed by atoms with Gasteiger partial charge in [-0.15, -0.1) is 0 Å². The molecule has 7 heteroatoms. The molecule has 0 amide bonds. The van der Waals surface area contributed by atoms with Crippen LogP contribution in [-0.2, 0) is 23.7 Å². The molecule has 0 fully saturated rings. The minimum Gasteiger partial charge on any atom is -0.550 e. The van der Waals surface area contributed by atoms with Gasteiger partial charge in [0.25, 0.3) is 0 Å². The Morgan fingerprint density at radius 1 is 0.931 bits per heavy atom. The van der Waals surface area contributed by atoms with E-state index in [0.29, 0.717) is 45.9 Å². The molecular weight excluding hydrogens is 376 g/mol. The van der Waals surface area contributed by atoms with Gasteiger partial charge in [-0.25, -0.2) is 0 Å². The van der Waals surface area contributed by atoms with Gasteiger partial charge in [-0.05, 0) is 37.8 Å². The van der Waals surface area contributed by atoms with E-state index in [1.165, 1.54) is 0 Å². The molecule has 0 aromatic heterocycles. The number of hydrogen-bond acceptors (Lipinski definition) is 7. The Bertz CT molecular complexity index is 509. The van der Waals surface area contributed by atoms with Crippen LogP contribution in [0.1, 0.15) is 45.4 Å². The molecule has 1 rings (SSSR count). The predicted octanol–water partition coefficient (Wildman–Crippen LogP) is 2.57. The first kappa shape index (κ1) is 25.4. The summed E-state index contributed by atoms with van der Waals surface area (Å²) in [6.45, 7) is 4.47. The summed E-state index contributed by atoms with van der Waals surface area (Å²) in [5.41, 5.74) is 0. The second-order valence-electron chi connectivity index (χ2n) is 6.64. The molecule has 0 aliphatic heterocycles. The molecule has 0 saturated carbocycles. The van der Waals surface area contributed by atoms with Gasteiger partial charge in [0, 0.05) is 26.1 Å². The van der Waals surface area contributed by atoms with Gasteiger partial charge < -0.3 is 33.6 Å². The Morgan fingerprint density at radius 3 is 2.34 bits per heavy atom. The fourth-order valence-corrected chi connectivity index (χ4v) is 2.67. The molecule has 2 atom stereocenters. The van der Waals surface area contributed by atoms with Crippen LogP contribution in [0, 0.1) is 0 Å². The number of carboxylic acid groups (broad SMARTS) is 1.